The van der Waals surface area contributed by atoms with Crippen LogP contribution in [0, 0.1) is 5.41 Å². The van der Waals surface area contributed by atoms with E-state index >= 15 is 0 Å². The first kappa shape index (κ1) is 18.7. The minimum Gasteiger partial charge on any atom is -0.396 e. The van der Waals surface area contributed by atoms with Crippen LogP contribution in [-0.4, -0.2) is 17.6 Å². The molecule has 1 atom stereocenters. The number of carbonyl (C=O) groups is 1. The highest BCUT2D eigenvalue weighted by molar-refractivity contribution is 6.07. The van der Waals surface area contributed by atoms with E-state index in [2.05, 4.69) is 32.9 Å². The van der Waals surface area contributed by atoms with Crippen LogP contribution in [0.25, 0.3) is 0 Å². The van der Waals surface area contributed by atoms with Gasteiger partial charge >= 0.3 is 0 Å². The maximum Gasteiger partial charge on any atom is 0.237 e. The molecule has 3 heteroatoms. The van der Waals surface area contributed by atoms with Crippen molar-refractivity contribution < 1.29 is 9.90 Å². The fourth-order valence-corrected chi connectivity index (χ4v) is 3.96. The molecule has 1 aliphatic heterocycles. The zero-order valence-electron chi connectivity index (χ0n) is 16.2. The second-order valence-electron chi connectivity index (χ2n) is 8.60. The summed E-state index contributed by atoms with van der Waals surface area (Å²) in [4.78, 5) is 15.6. The second-order valence-corrected chi connectivity index (χ2v) is 8.60. The van der Waals surface area contributed by atoms with Crippen molar-refractivity contribution in [2.45, 2.75) is 52.4 Å². The van der Waals surface area contributed by atoms with Gasteiger partial charge in [-0.25, -0.2) is 0 Å². The number of rotatable bonds is 4. The SMILES string of the molecule is CC(C)(C)c1ccccc1N1C(=O)[C@](C)(CCCO)Cc2ccccc21. The van der Waals surface area contributed by atoms with E-state index in [1.165, 1.54) is 5.56 Å². The van der Waals surface area contributed by atoms with Gasteiger partial charge in [0, 0.05) is 6.61 Å². The smallest absolute Gasteiger partial charge is 0.237 e. The summed E-state index contributed by atoms with van der Waals surface area (Å²) in [5, 5.41) is 9.30. The first-order valence-corrected chi connectivity index (χ1v) is 9.41. The van der Waals surface area contributed by atoms with Crippen LogP contribution < -0.4 is 4.90 Å². The molecule has 0 aromatic heterocycles. The predicted octanol–water partition coefficient (Wildman–Crippen LogP) is 4.98. The van der Waals surface area contributed by atoms with E-state index < -0.39 is 5.41 Å². The summed E-state index contributed by atoms with van der Waals surface area (Å²) in [6.07, 6.45) is 2.04. The van der Waals surface area contributed by atoms with Crippen molar-refractivity contribution in [1.82, 2.24) is 0 Å². The van der Waals surface area contributed by atoms with Crippen LogP contribution in [0.15, 0.2) is 48.5 Å². The molecule has 1 N–H and O–H groups in total. The summed E-state index contributed by atoms with van der Waals surface area (Å²) in [5.41, 5.74) is 3.74. The third-order valence-corrected chi connectivity index (χ3v) is 5.37. The first-order valence-electron chi connectivity index (χ1n) is 9.41. The molecule has 0 saturated heterocycles. The number of benzene rings is 2. The Bertz CT molecular complexity index is 806. The topological polar surface area (TPSA) is 40.5 Å². The third-order valence-electron chi connectivity index (χ3n) is 5.37. The van der Waals surface area contributed by atoms with E-state index in [1.807, 2.05) is 48.2 Å². The molecule has 1 aliphatic rings. The summed E-state index contributed by atoms with van der Waals surface area (Å²) in [7, 11) is 0. The molecule has 1 heterocycles. The molecule has 2 aromatic rings. The molecular formula is C23H29NO2. The molecule has 26 heavy (non-hydrogen) atoms. The minimum absolute atomic E-state index is 0.0647. The number of aliphatic hydroxyl groups is 1. The number of anilines is 2. The highest BCUT2D eigenvalue weighted by Crippen LogP contribution is 2.46. The first-order chi connectivity index (χ1) is 12.3. The summed E-state index contributed by atoms with van der Waals surface area (Å²) in [6, 6.07) is 16.4. The van der Waals surface area contributed by atoms with Crippen LogP contribution in [0.1, 0.15) is 51.7 Å². The van der Waals surface area contributed by atoms with E-state index in [-0.39, 0.29) is 17.9 Å². The Kier molecular flexibility index (Phi) is 4.94. The summed E-state index contributed by atoms with van der Waals surface area (Å²) >= 11 is 0. The van der Waals surface area contributed by atoms with Gasteiger partial charge in [0.15, 0.2) is 0 Å². The standard InChI is InChI=1S/C23H29NO2/c1-22(2,3)18-11-6-8-13-20(18)24-19-12-7-5-10-17(19)16-23(4,21(24)26)14-9-15-25/h5-8,10-13,25H,9,14-16H2,1-4H3/t23-/m1/s1. The van der Waals surface area contributed by atoms with Crippen LogP contribution in [0.2, 0.25) is 0 Å². The van der Waals surface area contributed by atoms with Crippen LogP contribution in [0.4, 0.5) is 11.4 Å². The summed E-state index contributed by atoms with van der Waals surface area (Å²) in [5.74, 6) is 0.126. The van der Waals surface area contributed by atoms with Gasteiger partial charge in [0.25, 0.3) is 0 Å². The monoisotopic (exact) mass is 351 g/mol. The molecule has 138 valence electrons. The van der Waals surface area contributed by atoms with E-state index in [1.54, 1.807) is 0 Å². The van der Waals surface area contributed by atoms with Gasteiger partial charge in [0.05, 0.1) is 16.8 Å². The van der Waals surface area contributed by atoms with Crippen molar-refractivity contribution in [3.05, 3.63) is 59.7 Å². The number of aliphatic hydroxyl groups excluding tert-OH is 1. The number of para-hydroxylation sites is 2. The Balaban J connectivity index is 2.18. The predicted molar refractivity (Wildman–Crippen MR) is 107 cm³/mol. The van der Waals surface area contributed by atoms with Crippen molar-refractivity contribution in [3.63, 3.8) is 0 Å². The van der Waals surface area contributed by atoms with Crippen LogP contribution in [-0.2, 0) is 16.6 Å². The maximum absolute atomic E-state index is 13.6. The summed E-state index contributed by atoms with van der Waals surface area (Å²) in [6.45, 7) is 8.68. The lowest BCUT2D eigenvalue weighted by Crippen LogP contribution is -2.46. The van der Waals surface area contributed by atoms with Crippen molar-refractivity contribution in [1.29, 1.82) is 0 Å². The molecule has 0 saturated carbocycles. The van der Waals surface area contributed by atoms with Crippen LogP contribution >= 0.6 is 0 Å². The van der Waals surface area contributed by atoms with Gasteiger partial charge in [-0.15, -0.1) is 0 Å². The average molecular weight is 351 g/mol. The maximum atomic E-state index is 13.6. The molecule has 0 radical (unpaired) electrons. The number of amides is 1. The van der Waals surface area contributed by atoms with Crippen molar-refractivity contribution in [2.75, 3.05) is 11.5 Å². The van der Waals surface area contributed by atoms with Gasteiger partial charge < -0.3 is 5.11 Å². The van der Waals surface area contributed by atoms with E-state index in [0.29, 0.717) is 12.8 Å². The van der Waals surface area contributed by atoms with E-state index in [9.17, 15) is 9.90 Å². The molecule has 0 aliphatic carbocycles. The quantitative estimate of drug-likeness (QED) is 0.843. The number of hydrogen-bond acceptors (Lipinski definition) is 2. The highest BCUT2D eigenvalue weighted by atomic mass is 16.3. The second kappa shape index (κ2) is 6.88. The van der Waals surface area contributed by atoms with E-state index in [4.69, 9.17) is 0 Å². The van der Waals surface area contributed by atoms with Gasteiger partial charge in [0.2, 0.25) is 5.91 Å². The largest absolute Gasteiger partial charge is 0.396 e. The number of hydrogen-bond donors (Lipinski definition) is 1. The van der Waals surface area contributed by atoms with Crippen LogP contribution in [0.5, 0.6) is 0 Å². The Morgan fingerprint density at radius 1 is 1.04 bits per heavy atom. The normalized spacial score (nSPS) is 20.2. The number of nitrogens with zero attached hydrogens (tertiary/aromatic N) is 1. The van der Waals surface area contributed by atoms with Crippen LogP contribution in [0.3, 0.4) is 0 Å². The van der Waals surface area contributed by atoms with Gasteiger partial charge in [0.1, 0.15) is 0 Å². The van der Waals surface area contributed by atoms with Crippen molar-refractivity contribution in [3.8, 4) is 0 Å². The highest BCUT2D eigenvalue weighted by Gasteiger charge is 2.43. The molecular weight excluding hydrogens is 322 g/mol. The van der Waals surface area contributed by atoms with Gasteiger partial charge in [-0.1, -0.05) is 64.1 Å². The van der Waals surface area contributed by atoms with Crippen molar-refractivity contribution >= 4 is 17.3 Å². The molecule has 3 nitrogen and oxygen atoms in total. The van der Waals surface area contributed by atoms with Gasteiger partial charge in [-0.3, -0.25) is 9.69 Å². The lowest BCUT2D eigenvalue weighted by molar-refractivity contribution is -0.127. The zero-order valence-corrected chi connectivity index (χ0v) is 16.2. The lowest BCUT2D eigenvalue weighted by Gasteiger charge is -2.42. The number of carbonyl (C=O) groups excluding carboxylic acids is 1. The Morgan fingerprint density at radius 3 is 2.31 bits per heavy atom. The molecule has 0 unspecified atom stereocenters. The Morgan fingerprint density at radius 2 is 1.65 bits per heavy atom. The Labute approximate surface area is 156 Å². The minimum atomic E-state index is -0.498. The molecule has 0 spiro atoms. The fraction of sp³-hybridized carbons (Fsp3) is 0.435. The summed E-state index contributed by atoms with van der Waals surface area (Å²) < 4.78 is 0. The molecule has 0 fully saturated rings. The Hall–Kier alpha value is -2.13. The lowest BCUT2D eigenvalue weighted by atomic mass is 9.74. The molecule has 1 amide bonds. The molecule has 0 bridgehead atoms. The third kappa shape index (κ3) is 3.28. The number of fused-ring (bicyclic) bond motifs is 1. The van der Waals surface area contributed by atoms with E-state index in [0.717, 1.165) is 23.4 Å². The zero-order chi connectivity index (χ0) is 18.9. The molecule has 3 rings (SSSR count). The fourth-order valence-electron chi connectivity index (χ4n) is 3.96. The van der Waals surface area contributed by atoms with Gasteiger partial charge in [-0.2, -0.15) is 0 Å². The van der Waals surface area contributed by atoms with Gasteiger partial charge in [-0.05, 0) is 47.9 Å². The molecule has 2 aromatic carbocycles. The average Bonchev–Trinajstić information content (AvgIpc) is 2.60. The van der Waals surface area contributed by atoms with Crippen molar-refractivity contribution in [2.24, 2.45) is 5.41 Å².